The molecule has 0 aromatic heterocycles. The Morgan fingerprint density at radius 2 is 1.44 bits per heavy atom. The highest BCUT2D eigenvalue weighted by Gasteiger charge is 1.80. The molecule has 0 aliphatic heterocycles. The minimum atomic E-state index is 1.16. The van der Waals surface area contributed by atoms with Crippen LogP contribution in [0.2, 0.25) is 0 Å². The molecule has 0 aromatic rings. The molecule has 1 aliphatic carbocycles. The van der Waals surface area contributed by atoms with E-state index in [1.165, 1.54) is 0 Å². The molecule has 0 heteroatoms. The third-order valence-corrected chi connectivity index (χ3v) is 1.22. The highest BCUT2D eigenvalue weighted by molar-refractivity contribution is 5.15. The fourth-order valence-electron chi connectivity index (χ4n) is 0.734. The van der Waals surface area contributed by atoms with Crippen LogP contribution in [0.5, 0.6) is 0 Å². The molecule has 0 saturated heterocycles. The molecule has 0 bridgehead atoms. The molecular weight excluding hydrogens is 108 g/mol. The SMILES string of the molecule is [CH]1/C=C/C=C\C=C\CC1. The lowest BCUT2D eigenvalue weighted by Crippen LogP contribution is -1.67. The first-order valence-corrected chi connectivity index (χ1v) is 3.32. The fraction of sp³-hybridized carbons (Fsp3) is 0.222. The molecule has 0 spiro atoms. The summed E-state index contributed by atoms with van der Waals surface area (Å²) < 4.78 is 0. The van der Waals surface area contributed by atoms with Crippen molar-refractivity contribution in [3.8, 4) is 0 Å². The van der Waals surface area contributed by atoms with E-state index in [-0.39, 0.29) is 0 Å². The van der Waals surface area contributed by atoms with Crippen LogP contribution < -0.4 is 0 Å². The Morgan fingerprint density at radius 1 is 0.667 bits per heavy atom. The van der Waals surface area contributed by atoms with E-state index in [2.05, 4.69) is 36.8 Å². The van der Waals surface area contributed by atoms with Crippen molar-refractivity contribution in [1.29, 1.82) is 0 Å². The molecule has 47 valence electrons. The van der Waals surface area contributed by atoms with Crippen molar-refractivity contribution < 1.29 is 0 Å². The van der Waals surface area contributed by atoms with Crippen molar-refractivity contribution in [2.75, 3.05) is 0 Å². The molecule has 1 aliphatic rings. The van der Waals surface area contributed by atoms with Gasteiger partial charge in [0.2, 0.25) is 0 Å². The van der Waals surface area contributed by atoms with Gasteiger partial charge in [0, 0.05) is 0 Å². The van der Waals surface area contributed by atoms with Gasteiger partial charge in [0.05, 0.1) is 0 Å². The summed E-state index contributed by atoms with van der Waals surface area (Å²) >= 11 is 0. The summed E-state index contributed by atoms with van der Waals surface area (Å²) in [6.07, 6.45) is 17.0. The maximum absolute atomic E-state index is 2.18. The molecule has 9 heavy (non-hydrogen) atoms. The smallest absolute Gasteiger partial charge is 0.0164 e. The van der Waals surface area contributed by atoms with Crippen LogP contribution in [-0.4, -0.2) is 0 Å². The molecule has 0 fully saturated rings. The third kappa shape index (κ3) is 2.91. The number of hydrogen-bond acceptors (Lipinski definition) is 0. The highest BCUT2D eigenvalue weighted by atomic mass is 13.9. The molecule has 0 nitrogen and oxygen atoms in total. The Labute approximate surface area is 56.6 Å². The molecule has 0 atom stereocenters. The van der Waals surface area contributed by atoms with Gasteiger partial charge >= 0.3 is 0 Å². The lowest BCUT2D eigenvalue weighted by Gasteiger charge is -1.85. The van der Waals surface area contributed by atoms with E-state index < -0.39 is 0 Å². The second-order valence-electron chi connectivity index (χ2n) is 2.01. The van der Waals surface area contributed by atoms with E-state index in [1.54, 1.807) is 0 Å². The highest BCUT2D eigenvalue weighted by Crippen LogP contribution is 1.99. The summed E-state index contributed by atoms with van der Waals surface area (Å²) in [5, 5.41) is 0. The average molecular weight is 119 g/mol. The van der Waals surface area contributed by atoms with E-state index in [0.717, 1.165) is 12.8 Å². The molecular formula is C9H11. The first-order valence-electron chi connectivity index (χ1n) is 3.32. The zero-order valence-corrected chi connectivity index (χ0v) is 5.46. The zero-order chi connectivity index (χ0) is 6.36. The van der Waals surface area contributed by atoms with Crippen molar-refractivity contribution in [1.82, 2.24) is 0 Å². The summed E-state index contributed by atoms with van der Waals surface area (Å²) in [6.45, 7) is 0. The summed E-state index contributed by atoms with van der Waals surface area (Å²) in [4.78, 5) is 0. The van der Waals surface area contributed by atoms with Crippen LogP contribution >= 0.6 is 0 Å². The molecule has 0 heterocycles. The maximum Gasteiger partial charge on any atom is -0.0164 e. The van der Waals surface area contributed by atoms with Crippen LogP contribution in [0, 0.1) is 6.42 Å². The van der Waals surface area contributed by atoms with Gasteiger partial charge in [0.25, 0.3) is 0 Å². The predicted octanol–water partition coefficient (Wildman–Crippen LogP) is 2.65. The normalized spacial score (nSPS) is 29.3. The molecule has 0 unspecified atom stereocenters. The predicted molar refractivity (Wildman–Crippen MR) is 41.0 cm³/mol. The van der Waals surface area contributed by atoms with Gasteiger partial charge in [0.1, 0.15) is 0 Å². The van der Waals surface area contributed by atoms with Gasteiger partial charge in [-0.15, -0.1) is 0 Å². The Balaban J connectivity index is 2.45. The van der Waals surface area contributed by atoms with Gasteiger partial charge in [0.15, 0.2) is 0 Å². The third-order valence-electron chi connectivity index (χ3n) is 1.22. The molecule has 0 amide bonds. The molecule has 0 aromatic carbocycles. The second kappa shape index (κ2) is 4.13. The standard InChI is InChI=1S/C9H11/c1-2-4-6-8-9-7-5-3-1/h1-7H,8-9H2/b2-1-,5-3+,6-4+. The minimum Gasteiger partial charge on any atom is -0.0845 e. The summed E-state index contributed by atoms with van der Waals surface area (Å²) in [6, 6.07) is 0. The maximum atomic E-state index is 2.18. The Hall–Kier alpha value is -0.780. The monoisotopic (exact) mass is 119 g/mol. The van der Waals surface area contributed by atoms with Crippen LogP contribution in [0.1, 0.15) is 12.8 Å². The molecule has 0 saturated carbocycles. The van der Waals surface area contributed by atoms with E-state index in [9.17, 15) is 0 Å². The van der Waals surface area contributed by atoms with Gasteiger partial charge in [-0.25, -0.2) is 0 Å². The number of allylic oxidation sites excluding steroid dienone is 6. The largest absolute Gasteiger partial charge is 0.0845 e. The first kappa shape index (κ1) is 6.34. The Morgan fingerprint density at radius 3 is 2.44 bits per heavy atom. The van der Waals surface area contributed by atoms with Gasteiger partial charge in [-0.1, -0.05) is 36.5 Å². The van der Waals surface area contributed by atoms with Crippen molar-refractivity contribution >= 4 is 0 Å². The van der Waals surface area contributed by atoms with Crippen LogP contribution in [0.25, 0.3) is 0 Å². The summed E-state index contributed by atoms with van der Waals surface area (Å²) in [7, 11) is 0. The van der Waals surface area contributed by atoms with Crippen LogP contribution in [0.15, 0.2) is 36.5 Å². The van der Waals surface area contributed by atoms with E-state index in [4.69, 9.17) is 0 Å². The molecule has 0 N–H and O–H groups in total. The second-order valence-corrected chi connectivity index (χ2v) is 2.01. The summed E-state index contributed by atoms with van der Waals surface area (Å²) in [5.74, 6) is 0. The van der Waals surface area contributed by atoms with Crippen LogP contribution in [-0.2, 0) is 0 Å². The van der Waals surface area contributed by atoms with Gasteiger partial charge in [-0.2, -0.15) is 0 Å². The van der Waals surface area contributed by atoms with E-state index in [1.807, 2.05) is 6.08 Å². The minimum absolute atomic E-state index is 1.16. The molecule has 1 radical (unpaired) electrons. The number of rotatable bonds is 0. The Bertz CT molecular complexity index is 122. The van der Waals surface area contributed by atoms with E-state index in [0.29, 0.717) is 0 Å². The lowest BCUT2D eigenvalue weighted by molar-refractivity contribution is 1.00. The lowest BCUT2D eigenvalue weighted by atomic mass is 10.2. The zero-order valence-electron chi connectivity index (χ0n) is 5.46. The van der Waals surface area contributed by atoms with Crippen LogP contribution in [0.4, 0.5) is 0 Å². The van der Waals surface area contributed by atoms with Crippen LogP contribution in [0.3, 0.4) is 0 Å². The fourth-order valence-corrected chi connectivity index (χ4v) is 0.734. The first-order chi connectivity index (χ1) is 4.50. The van der Waals surface area contributed by atoms with Crippen molar-refractivity contribution in [3.05, 3.63) is 42.9 Å². The average Bonchev–Trinajstić information content (AvgIpc) is 2.00. The summed E-state index contributed by atoms with van der Waals surface area (Å²) in [5.41, 5.74) is 0. The number of hydrogen-bond donors (Lipinski definition) is 0. The quantitative estimate of drug-likeness (QED) is 0.460. The van der Waals surface area contributed by atoms with Crippen molar-refractivity contribution in [2.24, 2.45) is 0 Å². The van der Waals surface area contributed by atoms with Crippen molar-refractivity contribution in [2.45, 2.75) is 12.8 Å². The topological polar surface area (TPSA) is 0 Å². The van der Waals surface area contributed by atoms with E-state index >= 15 is 0 Å². The van der Waals surface area contributed by atoms with Gasteiger partial charge in [-0.3, -0.25) is 0 Å². The van der Waals surface area contributed by atoms with Crippen molar-refractivity contribution in [3.63, 3.8) is 0 Å². The molecule has 1 rings (SSSR count). The van der Waals surface area contributed by atoms with Gasteiger partial charge in [-0.05, 0) is 19.3 Å². The van der Waals surface area contributed by atoms with Gasteiger partial charge < -0.3 is 0 Å². The Kier molecular flexibility index (Phi) is 2.91.